The minimum absolute atomic E-state index is 0.0373. The molecular formula is C15H16ClFN2O2. The van der Waals surface area contributed by atoms with Crippen molar-refractivity contribution in [2.45, 2.75) is 6.04 Å². The van der Waals surface area contributed by atoms with Crippen LogP contribution in [-0.2, 0) is 0 Å². The molecule has 0 aliphatic heterocycles. The second kappa shape index (κ2) is 6.76. The van der Waals surface area contributed by atoms with Crippen LogP contribution in [0.4, 0.5) is 4.39 Å². The average Bonchev–Trinajstić information content (AvgIpc) is 2.51. The third-order valence-corrected chi connectivity index (χ3v) is 3.60. The SMILES string of the molecule is COc1ccc(C(NN)c2cccc(F)c2Cl)cc1OC. The first-order valence-corrected chi connectivity index (χ1v) is 6.62. The highest BCUT2D eigenvalue weighted by Gasteiger charge is 2.19. The van der Waals surface area contributed by atoms with Crippen LogP contribution in [0.2, 0.25) is 5.02 Å². The Morgan fingerprint density at radius 1 is 1.14 bits per heavy atom. The number of ether oxygens (including phenoxy) is 2. The molecule has 0 amide bonds. The zero-order valence-electron chi connectivity index (χ0n) is 11.7. The molecule has 0 heterocycles. The van der Waals surface area contributed by atoms with Crippen molar-refractivity contribution < 1.29 is 13.9 Å². The topological polar surface area (TPSA) is 56.5 Å². The summed E-state index contributed by atoms with van der Waals surface area (Å²) in [6.45, 7) is 0. The van der Waals surface area contributed by atoms with Gasteiger partial charge in [0.25, 0.3) is 0 Å². The highest BCUT2D eigenvalue weighted by molar-refractivity contribution is 6.31. The zero-order valence-corrected chi connectivity index (χ0v) is 12.4. The van der Waals surface area contributed by atoms with Crippen LogP contribution in [0.1, 0.15) is 17.2 Å². The van der Waals surface area contributed by atoms with Gasteiger partial charge in [-0.25, -0.2) is 9.82 Å². The van der Waals surface area contributed by atoms with E-state index in [4.69, 9.17) is 26.9 Å². The molecule has 1 atom stereocenters. The van der Waals surface area contributed by atoms with Crippen molar-refractivity contribution in [2.24, 2.45) is 5.84 Å². The minimum Gasteiger partial charge on any atom is -0.493 e. The largest absolute Gasteiger partial charge is 0.493 e. The Hall–Kier alpha value is -1.82. The van der Waals surface area contributed by atoms with E-state index < -0.39 is 11.9 Å². The van der Waals surface area contributed by atoms with Crippen LogP contribution >= 0.6 is 11.6 Å². The summed E-state index contributed by atoms with van der Waals surface area (Å²) in [5.41, 5.74) is 3.97. The second-order valence-corrected chi connectivity index (χ2v) is 4.74. The van der Waals surface area contributed by atoms with E-state index in [1.54, 1.807) is 38.5 Å². The molecule has 0 saturated carbocycles. The lowest BCUT2D eigenvalue weighted by Gasteiger charge is -2.20. The van der Waals surface area contributed by atoms with E-state index in [0.717, 1.165) is 5.56 Å². The van der Waals surface area contributed by atoms with Gasteiger partial charge in [0.05, 0.1) is 25.3 Å². The number of hydrazine groups is 1. The summed E-state index contributed by atoms with van der Waals surface area (Å²) in [7, 11) is 3.10. The average molecular weight is 311 g/mol. The molecule has 0 fully saturated rings. The van der Waals surface area contributed by atoms with E-state index in [2.05, 4.69) is 5.43 Å². The number of rotatable bonds is 5. The van der Waals surface area contributed by atoms with Crippen molar-refractivity contribution in [3.63, 3.8) is 0 Å². The highest BCUT2D eigenvalue weighted by atomic mass is 35.5. The van der Waals surface area contributed by atoms with E-state index >= 15 is 0 Å². The van der Waals surface area contributed by atoms with Gasteiger partial charge in [0.1, 0.15) is 5.82 Å². The Morgan fingerprint density at radius 2 is 1.86 bits per heavy atom. The molecule has 2 rings (SSSR count). The summed E-state index contributed by atoms with van der Waals surface area (Å²) in [5.74, 6) is 6.28. The molecule has 21 heavy (non-hydrogen) atoms. The molecule has 0 aromatic heterocycles. The Labute approximate surface area is 127 Å². The van der Waals surface area contributed by atoms with Crippen LogP contribution in [0.5, 0.6) is 11.5 Å². The molecule has 112 valence electrons. The monoisotopic (exact) mass is 310 g/mol. The summed E-state index contributed by atoms with van der Waals surface area (Å²) in [5, 5.41) is 0.0373. The van der Waals surface area contributed by atoms with Gasteiger partial charge in [-0.15, -0.1) is 0 Å². The predicted molar refractivity (Wildman–Crippen MR) is 80.1 cm³/mol. The van der Waals surface area contributed by atoms with E-state index in [0.29, 0.717) is 17.1 Å². The summed E-state index contributed by atoms with van der Waals surface area (Å²) in [6.07, 6.45) is 0. The molecule has 3 N–H and O–H groups in total. The van der Waals surface area contributed by atoms with Crippen LogP contribution < -0.4 is 20.7 Å². The summed E-state index contributed by atoms with van der Waals surface area (Å²) >= 11 is 6.02. The van der Waals surface area contributed by atoms with Gasteiger partial charge in [-0.05, 0) is 29.3 Å². The number of halogens is 2. The fraction of sp³-hybridized carbons (Fsp3) is 0.200. The molecule has 0 bridgehead atoms. The lowest BCUT2D eigenvalue weighted by Crippen LogP contribution is -2.29. The lowest BCUT2D eigenvalue weighted by atomic mass is 9.98. The highest BCUT2D eigenvalue weighted by Crippen LogP contribution is 2.34. The lowest BCUT2D eigenvalue weighted by molar-refractivity contribution is 0.354. The molecule has 6 heteroatoms. The van der Waals surface area contributed by atoms with Gasteiger partial charge in [0.15, 0.2) is 11.5 Å². The Balaban J connectivity index is 2.49. The molecule has 0 aliphatic carbocycles. The number of nitrogens with one attached hydrogen (secondary N) is 1. The van der Waals surface area contributed by atoms with Gasteiger partial charge in [-0.1, -0.05) is 29.8 Å². The van der Waals surface area contributed by atoms with E-state index in [9.17, 15) is 4.39 Å². The van der Waals surface area contributed by atoms with Gasteiger partial charge in [0, 0.05) is 0 Å². The Kier molecular flexibility index (Phi) is 5.01. The number of benzene rings is 2. The molecule has 4 nitrogen and oxygen atoms in total. The maximum Gasteiger partial charge on any atom is 0.161 e. The number of hydrogen-bond acceptors (Lipinski definition) is 4. The van der Waals surface area contributed by atoms with Crippen LogP contribution in [0.25, 0.3) is 0 Å². The van der Waals surface area contributed by atoms with Crippen molar-refractivity contribution in [3.05, 3.63) is 58.4 Å². The van der Waals surface area contributed by atoms with Crippen molar-refractivity contribution >= 4 is 11.6 Å². The Morgan fingerprint density at radius 3 is 2.48 bits per heavy atom. The molecular weight excluding hydrogens is 295 g/mol. The van der Waals surface area contributed by atoms with Crippen molar-refractivity contribution in [1.82, 2.24) is 5.43 Å². The molecule has 1 unspecified atom stereocenters. The Bertz CT molecular complexity index is 637. The fourth-order valence-corrected chi connectivity index (χ4v) is 2.38. The first-order chi connectivity index (χ1) is 10.1. The molecule has 0 saturated heterocycles. The standard InChI is InChI=1S/C15H16ClFN2O2/c1-20-12-7-6-9(8-13(12)21-2)15(19-18)10-4-3-5-11(17)14(10)16/h3-8,15,19H,18H2,1-2H3. The quantitative estimate of drug-likeness (QED) is 0.658. The summed E-state index contributed by atoms with van der Waals surface area (Å²) in [4.78, 5) is 0. The first-order valence-electron chi connectivity index (χ1n) is 6.24. The molecule has 2 aromatic carbocycles. The number of hydrogen-bond donors (Lipinski definition) is 2. The fourth-order valence-electron chi connectivity index (χ4n) is 2.14. The molecule has 0 radical (unpaired) electrons. The van der Waals surface area contributed by atoms with Crippen molar-refractivity contribution in [1.29, 1.82) is 0 Å². The van der Waals surface area contributed by atoms with Crippen LogP contribution in [0.3, 0.4) is 0 Å². The van der Waals surface area contributed by atoms with Gasteiger partial charge in [-0.3, -0.25) is 5.84 Å². The number of methoxy groups -OCH3 is 2. The maximum atomic E-state index is 13.6. The minimum atomic E-state index is -0.491. The van der Waals surface area contributed by atoms with Gasteiger partial charge < -0.3 is 9.47 Å². The molecule has 0 aliphatic rings. The van der Waals surface area contributed by atoms with Crippen molar-refractivity contribution in [3.8, 4) is 11.5 Å². The predicted octanol–water partition coefficient (Wildman–Crippen LogP) is 3.05. The van der Waals surface area contributed by atoms with Crippen molar-refractivity contribution in [2.75, 3.05) is 14.2 Å². The summed E-state index contributed by atoms with van der Waals surface area (Å²) < 4.78 is 24.1. The van der Waals surface area contributed by atoms with Crippen LogP contribution in [0.15, 0.2) is 36.4 Å². The molecule has 0 spiro atoms. The van der Waals surface area contributed by atoms with Crippen LogP contribution in [-0.4, -0.2) is 14.2 Å². The third kappa shape index (κ3) is 3.10. The van der Waals surface area contributed by atoms with Crippen LogP contribution in [0, 0.1) is 5.82 Å². The van der Waals surface area contributed by atoms with Gasteiger partial charge >= 0.3 is 0 Å². The second-order valence-electron chi connectivity index (χ2n) is 4.36. The smallest absolute Gasteiger partial charge is 0.161 e. The first kappa shape index (κ1) is 15.6. The molecule has 2 aromatic rings. The van der Waals surface area contributed by atoms with Gasteiger partial charge in [0.2, 0.25) is 0 Å². The van der Waals surface area contributed by atoms with Gasteiger partial charge in [-0.2, -0.15) is 0 Å². The van der Waals surface area contributed by atoms with E-state index in [1.165, 1.54) is 6.07 Å². The third-order valence-electron chi connectivity index (χ3n) is 3.20. The zero-order chi connectivity index (χ0) is 15.4. The van der Waals surface area contributed by atoms with E-state index in [1.807, 2.05) is 6.07 Å². The maximum absolute atomic E-state index is 13.6. The summed E-state index contributed by atoms with van der Waals surface area (Å²) in [6, 6.07) is 9.47. The van der Waals surface area contributed by atoms with E-state index in [-0.39, 0.29) is 5.02 Å². The normalized spacial score (nSPS) is 12.0. The number of nitrogens with two attached hydrogens (primary N) is 1.